The van der Waals surface area contributed by atoms with Gasteiger partial charge in [0, 0.05) is 22.1 Å². The SMILES string of the molecule is CN(CCC(N)c1ccc(Br)cc1)Cc1ccccc1Cl. The highest BCUT2D eigenvalue weighted by atomic mass is 79.9. The quantitative estimate of drug-likeness (QED) is 0.807. The van der Waals surface area contributed by atoms with Gasteiger partial charge in [0.05, 0.1) is 0 Å². The molecule has 0 radical (unpaired) electrons. The zero-order valence-corrected chi connectivity index (χ0v) is 14.4. The Bertz CT molecular complexity index is 571. The lowest BCUT2D eigenvalue weighted by molar-refractivity contribution is 0.311. The minimum absolute atomic E-state index is 0.0618. The van der Waals surface area contributed by atoms with Gasteiger partial charge in [-0.3, -0.25) is 0 Å². The van der Waals surface area contributed by atoms with Crippen molar-refractivity contribution in [1.82, 2.24) is 4.90 Å². The third kappa shape index (κ3) is 5.11. The first-order valence-electron chi connectivity index (χ1n) is 6.99. The number of hydrogen-bond donors (Lipinski definition) is 1. The fraction of sp³-hybridized carbons (Fsp3) is 0.294. The summed E-state index contributed by atoms with van der Waals surface area (Å²) in [7, 11) is 2.09. The van der Waals surface area contributed by atoms with Gasteiger partial charge in [0.1, 0.15) is 0 Å². The molecule has 0 saturated heterocycles. The summed E-state index contributed by atoms with van der Waals surface area (Å²) in [5.41, 5.74) is 8.57. The minimum Gasteiger partial charge on any atom is -0.324 e. The van der Waals surface area contributed by atoms with Crippen molar-refractivity contribution >= 4 is 27.5 Å². The summed E-state index contributed by atoms with van der Waals surface area (Å²) in [6.45, 7) is 1.77. The summed E-state index contributed by atoms with van der Waals surface area (Å²) in [6.07, 6.45) is 0.919. The molecule has 2 N–H and O–H groups in total. The summed E-state index contributed by atoms with van der Waals surface area (Å²) >= 11 is 9.62. The van der Waals surface area contributed by atoms with Crippen molar-refractivity contribution in [3.05, 3.63) is 69.2 Å². The Kier molecular flexibility index (Phi) is 6.24. The average Bonchev–Trinajstić information content (AvgIpc) is 2.48. The molecule has 21 heavy (non-hydrogen) atoms. The number of halogens is 2. The van der Waals surface area contributed by atoms with E-state index in [1.165, 1.54) is 5.56 Å². The van der Waals surface area contributed by atoms with Crippen molar-refractivity contribution in [3.63, 3.8) is 0 Å². The molecule has 0 fully saturated rings. The molecule has 2 aromatic carbocycles. The zero-order chi connectivity index (χ0) is 15.2. The number of rotatable bonds is 6. The van der Waals surface area contributed by atoms with E-state index in [1.807, 2.05) is 30.3 Å². The van der Waals surface area contributed by atoms with Crippen LogP contribution in [0.25, 0.3) is 0 Å². The van der Waals surface area contributed by atoms with E-state index in [0.717, 1.165) is 34.6 Å². The fourth-order valence-corrected chi connectivity index (χ4v) is 2.69. The van der Waals surface area contributed by atoms with Gasteiger partial charge in [0.15, 0.2) is 0 Å². The highest BCUT2D eigenvalue weighted by molar-refractivity contribution is 9.10. The second kappa shape index (κ2) is 7.95. The Labute approximate surface area is 140 Å². The van der Waals surface area contributed by atoms with E-state index in [9.17, 15) is 0 Å². The fourth-order valence-electron chi connectivity index (χ4n) is 2.23. The predicted octanol–water partition coefficient (Wildman–Crippen LogP) is 4.62. The number of hydrogen-bond acceptors (Lipinski definition) is 2. The van der Waals surface area contributed by atoms with E-state index in [1.54, 1.807) is 0 Å². The maximum absolute atomic E-state index is 6.25. The van der Waals surface area contributed by atoms with E-state index >= 15 is 0 Å². The molecular weight excluding hydrogens is 348 g/mol. The molecule has 0 aromatic heterocycles. The molecular formula is C17H20BrClN2. The molecule has 0 spiro atoms. The summed E-state index contributed by atoms with van der Waals surface area (Å²) in [5.74, 6) is 0. The van der Waals surface area contributed by atoms with Crippen LogP contribution in [0, 0.1) is 0 Å². The molecule has 2 nitrogen and oxygen atoms in total. The first-order chi connectivity index (χ1) is 10.1. The van der Waals surface area contributed by atoms with Crippen LogP contribution in [0.3, 0.4) is 0 Å². The van der Waals surface area contributed by atoms with Crippen LogP contribution in [0.4, 0.5) is 0 Å². The first-order valence-corrected chi connectivity index (χ1v) is 8.16. The van der Waals surface area contributed by atoms with Gasteiger partial charge in [0.25, 0.3) is 0 Å². The Morgan fingerprint density at radius 2 is 1.81 bits per heavy atom. The molecule has 0 saturated carbocycles. The molecule has 2 aromatic rings. The van der Waals surface area contributed by atoms with E-state index in [0.29, 0.717) is 0 Å². The molecule has 1 atom stereocenters. The number of nitrogens with two attached hydrogens (primary N) is 1. The van der Waals surface area contributed by atoms with Crippen LogP contribution in [0.15, 0.2) is 53.0 Å². The molecule has 0 aliphatic carbocycles. The highest BCUT2D eigenvalue weighted by Crippen LogP contribution is 2.19. The van der Waals surface area contributed by atoms with E-state index in [4.69, 9.17) is 17.3 Å². The van der Waals surface area contributed by atoms with Crippen LogP contribution in [-0.4, -0.2) is 18.5 Å². The van der Waals surface area contributed by atoms with Crippen LogP contribution in [0.1, 0.15) is 23.6 Å². The third-order valence-electron chi connectivity index (χ3n) is 3.52. The van der Waals surface area contributed by atoms with Crippen LogP contribution in [0.5, 0.6) is 0 Å². The van der Waals surface area contributed by atoms with Gasteiger partial charge in [-0.25, -0.2) is 0 Å². The molecule has 1 unspecified atom stereocenters. The van der Waals surface area contributed by atoms with Crippen molar-refractivity contribution in [2.24, 2.45) is 5.73 Å². The van der Waals surface area contributed by atoms with Gasteiger partial charge in [0.2, 0.25) is 0 Å². The van der Waals surface area contributed by atoms with Gasteiger partial charge in [-0.15, -0.1) is 0 Å². The second-order valence-electron chi connectivity index (χ2n) is 5.28. The van der Waals surface area contributed by atoms with Gasteiger partial charge < -0.3 is 10.6 Å². The summed E-state index contributed by atoms with van der Waals surface area (Å²) in [6, 6.07) is 16.2. The lowest BCUT2D eigenvalue weighted by atomic mass is 10.0. The van der Waals surface area contributed by atoms with E-state index in [-0.39, 0.29) is 6.04 Å². The zero-order valence-electron chi connectivity index (χ0n) is 12.1. The van der Waals surface area contributed by atoms with E-state index in [2.05, 4.69) is 46.1 Å². The van der Waals surface area contributed by atoms with Gasteiger partial charge in [-0.2, -0.15) is 0 Å². The standard InChI is InChI=1S/C17H20BrClN2/c1-21(12-14-4-2-3-5-16(14)19)11-10-17(20)13-6-8-15(18)9-7-13/h2-9,17H,10-12,20H2,1H3. The summed E-state index contributed by atoms with van der Waals surface area (Å²) < 4.78 is 1.08. The summed E-state index contributed by atoms with van der Waals surface area (Å²) in [4.78, 5) is 2.25. The minimum atomic E-state index is 0.0618. The maximum atomic E-state index is 6.25. The normalized spacial score (nSPS) is 12.6. The maximum Gasteiger partial charge on any atom is 0.0451 e. The van der Waals surface area contributed by atoms with Crippen LogP contribution < -0.4 is 5.73 Å². The molecule has 0 amide bonds. The lowest BCUT2D eigenvalue weighted by Crippen LogP contribution is -2.23. The number of nitrogens with zero attached hydrogens (tertiary/aromatic N) is 1. The highest BCUT2D eigenvalue weighted by Gasteiger charge is 2.09. The second-order valence-corrected chi connectivity index (χ2v) is 6.60. The van der Waals surface area contributed by atoms with Gasteiger partial charge >= 0.3 is 0 Å². The molecule has 0 aliphatic rings. The molecule has 0 heterocycles. The van der Waals surface area contributed by atoms with Gasteiger partial charge in [-0.05, 0) is 49.3 Å². The van der Waals surface area contributed by atoms with Crippen molar-refractivity contribution in [2.75, 3.05) is 13.6 Å². The lowest BCUT2D eigenvalue weighted by Gasteiger charge is -2.20. The topological polar surface area (TPSA) is 29.3 Å². The summed E-state index contributed by atoms with van der Waals surface area (Å²) in [5, 5.41) is 0.821. The van der Waals surface area contributed by atoms with Crippen molar-refractivity contribution in [2.45, 2.75) is 19.0 Å². The van der Waals surface area contributed by atoms with Crippen molar-refractivity contribution in [1.29, 1.82) is 0 Å². The predicted molar refractivity (Wildman–Crippen MR) is 93.5 cm³/mol. The van der Waals surface area contributed by atoms with Crippen LogP contribution in [-0.2, 0) is 6.54 Å². The Balaban J connectivity index is 1.85. The monoisotopic (exact) mass is 366 g/mol. The van der Waals surface area contributed by atoms with Gasteiger partial charge in [-0.1, -0.05) is 57.9 Å². The Morgan fingerprint density at radius 1 is 1.14 bits per heavy atom. The molecule has 4 heteroatoms. The first kappa shape index (κ1) is 16.5. The van der Waals surface area contributed by atoms with Crippen molar-refractivity contribution < 1.29 is 0 Å². The van der Waals surface area contributed by atoms with E-state index < -0.39 is 0 Å². The van der Waals surface area contributed by atoms with Crippen LogP contribution >= 0.6 is 27.5 Å². The number of benzene rings is 2. The molecule has 2 rings (SSSR count). The smallest absolute Gasteiger partial charge is 0.0451 e. The molecule has 0 aliphatic heterocycles. The molecule has 112 valence electrons. The largest absolute Gasteiger partial charge is 0.324 e. The average molecular weight is 368 g/mol. The Hall–Kier alpha value is -0.870. The van der Waals surface area contributed by atoms with Crippen LogP contribution in [0.2, 0.25) is 5.02 Å². The molecule has 0 bridgehead atoms. The third-order valence-corrected chi connectivity index (χ3v) is 4.42. The van der Waals surface area contributed by atoms with Crippen molar-refractivity contribution in [3.8, 4) is 0 Å². The Morgan fingerprint density at radius 3 is 2.48 bits per heavy atom.